The second-order valence-corrected chi connectivity index (χ2v) is 6.70. The van der Waals surface area contributed by atoms with Crippen molar-refractivity contribution in [3.63, 3.8) is 0 Å². The number of para-hydroxylation sites is 1. The Labute approximate surface area is 130 Å². The maximum Gasteiger partial charge on any atom is 0.331 e. The molecule has 116 valence electrons. The first-order chi connectivity index (χ1) is 10.7. The van der Waals surface area contributed by atoms with Crippen molar-refractivity contribution < 1.29 is 8.42 Å². The molecule has 0 fully saturated rings. The van der Waals surface area contributed by atoms with Crippen LogP contribution in [0.5, 0.6) is 0 Å². The van der Waals surface area contributed by atoms with Gasteiger partial charge in [-0.25, -0.2) is 8.61 Å². The summed E-state index contributed by atoms with van der Waals surface area (Å²) in [6.45, 7) is 1.18. The minimum Gasteiger partial charge on any atom is -0.320 e. The van der Waals surface area contributed by atoms with Gasteiger partial charge in [-0.15, -0.1) is 0 Å². The number of hydrogen-bond donors (Lipinski definition) is 1. The van der Waals surface area contributed by atoms with Crippen LogP contribution >= 0.6 is 0 Å². The van der Waals surface area contributed by atoms with E-state index in [0.29, 0.717) is 23.6 Å². The molecule has 0 bridgehead atoms. The maximum absolute atomic E-state index is 12.9. The Balaban J connectivity index is 2.05. The van der Waals surface area contributed by atoms with E-state index >= 15 is 0 Å². The Bertz CT molecular complexity index is 749. The molecule has 3 rings (SSSR count). The second kappa shape index (κ2) is 5.94. The van der Waals surface area contributed by atoms with E-state index in [4.69, 9.17) is 0 Å². The van der Waals surface area contributed by atoms with Gasteiger partial charge >= 0.3 is 10.2 Å². The van der Waals surface area contributed by atoms with E-state index in [1.807, 2.05) is 25.2 Å². The lowest BCUT2D eigenvalue weighted by Crippen LogP contribution is -2.36. The summed E-state index contributed by atoms with van der Waals surface area (Å²) in [6, 6.07) is 10.8. The van der Waals surface area contributed by atoms with E-state index in [1.165, 1.54) is 8.61 Å². The predicted molar refractivity (Wildman–Crippen MR) is 87.6 cm³/mol. The molecular formula is C15H18N4O2S. The normalized spacial score (nSPS) is 15.9. The molecule has 0 saturated carbocycles. The number of fused-ring (bicyclic) bond motifs is 1. The maximum atomic E-state index is 12.9. The Kier molecular flexibility index (Phi) is 4.00. The zero-order valence-electron chi connectivity index (χ0n) is 12.3. The fraction of sp³-hybridized carbons (Fsp3) is 0.267. The van der Waals surface area contributed by atoms with Crippen molar-refractivity contribution in [3.05, 3.63) is 48.8 Å². The quantitative estimate of drug-likeness (QED) is 0.855. The largest absolute Gasteiger partial charge is 0.331 e. The van der Waals surface area contributed by atoms with Crippen LogP contribution < -0.4 is 13.9 Å². The van der Waals surface area contributed by atoms with Crippen LogP contribution in [0.25, 0.3) is 0 Å². The van der Waals surface area contributed by atoms with Crippen LogP contribution in [0.3, 0.4) is 0 Å². The van der Waals surface area contributed by atoms with E-state index in [2.05, 4.69) is 10.3 Å². The highest BCUT2D eigenvalue weighted by atomic mass is 32.2. The van der Waals surface area contributed by atoms with Gasteiger partial charge in [0.15, 0.2) is 0 Å². The molecule has 2 aromatic rings. The molecule has 0 amide bonds. The Morgan fingerprint density at radius 2 is 1.91 bits per heavy atom. The summed E-state index contributed by atoms with van der Waals surface area (Å²) < 4.78 is 28.7. The highest BCUT2D eigenvalue weighted by molar-refractivity contribution is 7.95. The first kappa shape index (κ1) is 14.8. The highest BCUT2D eigenvalue weighted by Gasteiger charge is 2.40. The predicted octanol–water partition coefficient (Wildman–Crippen LogP) is 1.89. The van der Waals surface area contributed by atoms with Crippen molar-refractivity contribution in [1.29, 1.82) is 0 Å². The summed E-state index contributed by atoms with van der Waals surface area (Å²) in [7, 11) is -1.77. The first-order valence-electron chi connectivity index (χ1n) is 7.13. The zero-order valence-corrected chi connectivity index (χ0v) is 13.1. The van der Waals surface area contributed by atoms with Gasteiger partial charge in [-0.2, -0.15) is 8.42 Å². The summed E-state index contributed by atoms with van der Waals surface area (Å²) in [6.07, 6.45) is 3.95. The molecule has 0 saturated heterocycles. The molecule has 2 heterocycles. The number of anilines is 3. The van der Waals surface area contributed by atoms with Gasteiger partial charge in [-0.05, 0) is 38.2 Å². The summed E-state index contributed by atoms with van der Waals surface area (Å²) in [5.74, 6) is 0. The first-order valence-corrected chi connectivity index (χ1v) is 8.52. The molecule has 6 nitrogen and oxygen atoms in total. The van der Waals surface area contributed by atoms with Crippen LogP contribution in [-0.2, 0) is 10.2 Å². The summed E-state index contributed by atoms with van der Waals surface area (Å²) >= 11 is 0. The van der Waals surface area contributed by atoms with E-state index < -0.39 is 10.2 Å². The lowest BCUT2D eigenvalue weighted by atomic mass is 10.2. The molecule has 1 N–H and O–H groups in total. The third-order valence-corrected chi connectivity index (χ3v) is 5.36. The van der Waals surface area contributed by atoms with Gasteiger partial charge in [-0.3, -0.25) is 4.98 Å². The molecule has 7 heteroatoms. The van der Waals surface area contributed by atoms with E-state index in [1.54, 1.807) is 30.6 Å². The molecule has 0 radical (unpaired) electrons. The molecular weight excluding hydrogens is 300 g/mol. The molecule has 0 unspecified atom stereocenters. The van der Waals surface area contributed by atoms with Crippen LogP contribution in [0.1, 0.15) is 6.42 Å². The zero-order chi connectivity index (χ0) is 15.6. The van der Waals surface area contributed by atoms with Gasteiger partial charge in [0.2, 0.25) is 0 Å². The lowest BCUT2D eigenvalue weighted by molar-refractivity contribution is 0.591. The van der Waals surface area contributed by atoms with E-state index in [-0.39, 0.29) is 0 Å². The second-order valence-electron chi connectivity index (χ2n) is 5.00. The van der Waals surface area contributed by atoms with Crippen LogP contribution in [0, 0.1) is 0 Å². The smallest absolute Gasteiger partial charge is 0.320 e. The molecule has 1 aromatic carbocycles. The third-order valence-electron chi connectivity index (χ3n) is 3.55. The fourth-order valence-electron chi connectivity index (χ4n) is 2.56. The van der Waals surface area contributed by atoms with Crippen molar-refractivity contribution in [1.82, 2.24) is 10.3 Å². The summed E-state index contributed by atoms with van der Waals surface area (Å²) in [5.41, 5.74) is 1.90. The number of nitrogens with one attached hydrogen (secondary N) is 1. The van der Waals surface area contributed by atoms with Gasteiger partial charge in [0.05, 0.1) is 23.3 Å². The van der Waals surface area contributed by atoms with Crippen LogP contribution in [-0.4, -0.2) is 33.5 Å². The lowest BCUT2D eigenvalue weighted by Gasteiger charge is -2.21. The average molecular weight is 318 g/mol. The molecule has 0 aliphatic carbocycles. The van der Waals surface area contributed by atoms with Crippen LogP contribution in [0.15, 0.2) is 48.8 Å². The van der Waals surface area contributed by atoms with Crippen molar-refractivity contribution >= 4 is 27.3 Å². The standard InChI is InChI=1S/C15H18N4O2S/c1-16-9-5-11-18-15-12-17-10-8-14(15)19(22(18,20)21)13-6-3-2-4-7-13/h2-4,6-8,10,12,16H,5,9,11H2,1H3. The number of benzene rings is 1. The van der Waals surface area contributed by atoms with Crippen molar-refractivity contribution in [2.24, 2.45) is 0 Å². The Hall–Kier alpha value is -2.12. The highest BCUT2D eigenvalue weighted by Crippen LogP contribution is 2.44. The summed E-state index contributed by atoms with van der Waals surface area (Å²) in [5, 5.41) is 3.04. The molecule has 0 spiro atoms. The van der Waals surface area contributed by atoms with E-state index in [9.17, 15) is 8.42 Å². The van der Waals surface area contributed by atoms with Gasteiger partial charge in [-0.1, -0.05) is 18.2 Å². The van der Waals surface area contributed by atoms with Crippen molar-refractivity contribution in [2.75, 3.05) is 28.7 Å². The average Bonchev–Trinajstić information content (AvgIpc) is 2.75. The van der Waals surface area contributed by atoms with Gasteiger partial charge in [0, 0.05) is 12.7 Å². The number of aromatic nitrogens is 1. The van der Waals surface area contributed by atoms with Crippen molar-refractivity contribution in [2.45, 2.75) is 6.42 Å². The van der Waals surface area contributed by atoms with Gasteiger partial charge < -0.3 is 5.32 Å². The van der Waals surface area contributed by atoms with Crippen LogP contribution in [0.4, 0.5) is 17.1 Å². The number of hydrogen-bond acceptors (Lipinski definition) is 4. The molecule has 0 atom stereocenters. The fourth-order valence-corrected chi connectivity index (χ4v) is 4.30. The number of rotatable bonds is 5. The molecule has 1 aromatic heterocycles. The molecule has 22 heavy (non-hydrogen) atoms. The van der Waals surface area contributed by atoms with Gasteiger partial charge in [0.25, 0.3) is 0 Å². The molecule has 1 aliphatic rings. The topological polar surface area (TPSA) is 65.5 Å². The minimum absolute atomic E-state index is 0.422. The Morgan fingerprint density at radius 3 is 2.64 bits per heavy atom. The van der Waals surface area contributed by atoms with E-state index in [0.717, 1.165) is 13.0 Å². The third kappa shape index (κ3) is 2.42. The summed E-state index contributed by atoms with van der Waals surface area (Å²) in [4.78, 5) is 4.08. The number of nitrogens with zero attached hydrogens (tertiary/aromatic N) is 3. The number of pyridine rings is 1. The monoisotopic (exact) mass is 318 g/mol. The minimum atomic E-state index is -3.62. The SMILES string of the molecule is CNCCCN1c2cnccc2N(c2ccccc2)S1(=O)=O. The Morgan fingerprint density at radius 1 is 1.14 bits per heavy atom. The van der Waals surface area contributed by atoms with Crippen molar-refractivity contribution in [3.8, 4) is 0 Å². The van der Waals surface area contributed by atoms with Crippen LogP contribution in [0.2, 0.25) is 0 Å². The molecule has 1 aliphatic heterocycles. The van der Waals surface area contributed by atoms with Gasteiger partial charge in [0.1, 0.15) is 0 Å².